The fraction of sp³-hybridized carbons (Fsp3) is 0.682. The van der Waals surface area contributed by atoms with Gasteiger partial charge in [-0.15, -0.1) is 0 Å². The van der Waals surface area contributed by atoms with Crippen molar-refractivity contribution in [2.75, 3.05) is 5.32 Å². The normalized spacial score (nSPS) is 18.3. The minimum atomic E-state index is -0.845. The monoisotopic (exact) mass is 406 g/mol. The molecule has 0 aliphatic carbocycles. The molecule has 6 heteroatoms. The van der Waals surface area contributed by atoms with E-state index >= 15 is 0 Å². The second-order valence-corrected chi connectivity index (χ2v) is 11.9. The number of fused-ring (bicyclic) bond motifs is 1. The van der Waals surface area contributed by atoms with E-state index in [1.165, 1.54) is 5.56 Å². The van der Waals surface area contributed by atoms with Crippen molar-refractivity contribution in [3.8, 4) is 5.75 Å². The molecule has 1 radical (unpaired) electrons. The van der Waals surface area contributed by atoms with Gasteiger partial charge in [0.2, 0.25) is 9.04 Å². The molecule has 1 N–H and O–H groups in total. The molecule has 2 unspecified atom stereocenters. The van der Waals surface area contributed by atoms with E-state index in [9.17, 15) is 4.79 Å². The third-order valence-corrected chi connectivity index (χ3v) is 5.37. The van der Waals surface area contributed by atoms with Gasteiger partial charge in [-0.05, 0) is 70.7 Å². The number of rotatable bonds is 4. The Balaban J connectivity index is 2.24. The zero-order valence-electron chi connectivity index (χ0n) is 18.9. The molecule has 1 aliphatic heterocycles. The van der Waals surface area contributed by atoms with Gasteiger partial charge in [0.15, 0.2) is 0 Å². The largest absolute Gasteiger partial charge is 0.487 e. The maximum absolute atomic E-state index is 12.2. The maximum atomic E-state index is 12.2. The van der Waals surface area contributed by atoms with Crippen LogP contribution in [0.4, 0.5) is 10.5 Å². The number of aryl methyl sites for hydroxylation is 1. The Morgan fingerprint density at radius 2 is 1.86 bits per heavy atom. The topological polar surface area (TPSA) is 56.8 Å². The van der Waals surface area contributed by atoms with E-state index in [1.54, 1.807) is 0 Å². The van der Waals surface area contributed by atoms with Gasteiger partial charge >= 0.3 is 6.09 Å². The standard InChI is InChI=1S/C22H36NO4Si/c1-14-16(23-20(24)26-22(5,6)7)12-10-15-11-13-17(25-18(14)15)19(21(2,3)4)27-28(8)9/h10,12,17,19H,11,13H2,1-9H3,(H,23,24). The molecule has 0 spiro atoms. The number of benzene rings is 1. The third-order valence-electron chi connectivity index (χ3n) is 4.64. The van der Waals surface area contributed by atoms with E-state index in [0.717, 1.165) is 29.8 Å². The van der Waals surface area contributed by atoms with Crippen LogP contribution in [-0.4, -0.2) is 32.9 Å². The molecule has 0 saturated carbocycles. The van der Waals surface area contributed by atoms with Gasteiger partial charge < -0.3 is 13.9 Å². The van der Waals surface area contributed by atoms with Crippen LogP contribution in [0.25, 0.3) is 0 Å². The predicted molar refractivity (Wildman–Crippen MR) is 116 cm³/mol. The fourth-order valence-corrected chi connectivity index (χ4v) is 4.46. The predicted octanol–water partition coefficient (Wildman–Crippen LogP) is 5.72. The highest BCUT2D eigenvalue weighted by molar-refractivity contribution is 6.48. The van der Waals surface area contributed by atoms with Crippen molar-refractivity contribution in [3.63, 3.8) is 0 Å². The molecule has 1 heterocycles. The second kappa shape index (κ2) is 8.45. The Hall–Kier alpha value is -1.53. The van der Waals surface area contributed by atoms with E-state index in [4.69, 9.17) is 13.9 Å². The van der Waals surface area contributed by atoms with E-state index in [-0.39, 0.29) is 17.6 Å². The van der Waals surface area contributed by atoms with E-state index in [0.29, 0.717) is 0 Å². The van der Waals surface area contributed by atoms with Crippen molar-refractivity contribution in [2.45, 2.75) is 92.2 Å². The summed E-state index contributed by atoms with van der Waals surface area (Å²) < 4.78 is 18.2. The average molecular weight is 407 g/mol. The van der Waals surface area contributed by atoms with Crippen LogP contribution >= 0.6 is 0 Å². The molecule has 0 bridgehead atoms. The molecule has 1 aromatic rings. The van der Waals surface area contributed by atoms with Crippen LogP contribution in [0.15, 0.2) is 12.1 Å². The first-order valence-corrected chi connectivity index (χ1v) is 12.4. The lowest BCUT2D eigenvalue weighted by Crippen LogP contribution is -2.47. The zero-order valence-corrected chi connectivity index (χ0v) is 19.9. The van der Waals surface area contributed by atoms with Gasteiger partial charge in [-0.1, -0.05) is 26.8 Å². The van der Waals surface area contributed by atoms with Crippen molar-refractivity contribution < 1.29 is 18.7 Å². The number of hydrogen-bond donors (Lipinski definition) is 1. The summed E-state index contributed by atoms with van der Waals surface area (Å²) in [5.41, 5.74) is 2.28. The molecule has 0 saturated heterocycles. The van der Waals surface area contributed by atoms with Crippen molar-refractivity contribution in [3.05, 3.63) is 23.3 Å². The van der Waals surface area contributed by atoms with Gasteiger partial charge in [-0.25, -0.2) is 4.79 Å². The van der Waals surface area contributed by atoms with Crippen LogP contribution in [0.3, 0.4) is 0 Å². The van der Waals surface area contributed by atoms with Crippen molar-refractivity contribution in [2.24, 2.45) is 5.41 Å². The van der Waals surface area contributed by atoms with Crippen molar-refractivity contribution >= 4 is 20.8 Å². The van der Waals surface area contributed by atoms with E-state index < -0.39 is 20.7 Å². The highest BCUT2D eigenvalue weighted by atomic mass is 28.3. The first kappa shape index (κ1) is 22.8. The van der Waals surface area contributed by atoms with Gasteiger partial charge in [0.05, 0.1) is 11.8 Å². The molecule has 5 nitrogen and oxygen atoms in total. The first-order valence-electron chi connectivity index (χ1n) is 10.0. The number of ether oxygens (including phenoxy) is 2. The molecule has 1 amide bonds. The lowest BCUT2D eigenvalue weighted by molar-refractivity contribution is -0.0240. The third kappa shape index (κ3) is 5.98. The quantitative estimate of drug-likeness (QED) is 0.650. The van der Waals surface area contributed by atoms with Gasteiger partial charge in [-0.3, -0.25) is 5.32 Å². The molecular formula is C22H36NO4Si. The fourth-order valence-electron chi connectivity index (χ4n) is 3.44. The average Bonchev–Trinajstić information content (AvgIpc) is 2.52. The Labute approximate surface area is 171 Å². The molecule has 157 valence electrons. The Bertz CT molecular complexity index is 704. The van der Waals surface area contributed by atoms with Crippen molar-refractivity contribution in [1.82, 2.24) is 0 Å². The Morgan fingerprint density at radius 1 is 1.21 bits per heavy atom. The van der Waals surface area contributed by atoms with Gasteiger partial charge in [0, 0.05) is 5.56 Å². The first-order chi connectivity index (χ1) is 12.8. The smallest absolute Gasteiger partial charge is 0.412 e. The summed E-state index contributed by atoms with van der Waals surface area (Å²) in [6, 6.07) is 3.96. The molecule has 0 aromatic heterocycles. The highest BCUT2D eigenvalue weighted by Gasteiger charge is 2.38. The van der Waals surface area contributed by atoms with Gasteiger partial charge in [-0.2, -0.15) is 0 Å². The number of nitrogens with one attached hydrogen (secondary N) is 1. The Morgan fingerprint density at radius 3 is 2.39 bits per heavy atom. The lowest BCUT2D eigenvalue weighted by atomic mass is 9.83. The Kier molecular flexibility index (Phi) is 6.87. The summed E-state index contributed by atoms with van der Waals surface area (Å²) in [7, 11) is -0.845. The highest BCUT2D eigenvalue weighted by Crippen LogP contribution is 2.39. The summed E-state index contributed by atoms with van der Waals surface area (Å²) in [6.07, 6.45) is 1.46. The summed E-state index contributed by atoms with van der Waals surface area (Å²) in [5, 5.41) is 2.86. The number of hydrogen-bond acceptors (Lipinski definition) is 4. The van der Waals surface area contributed by atoms with Crippen LogP contribution in [0, 0.1) is 12.3 Å². The summed E-state index contributed by atoms with van der Waals surface area (Å²) in [4.78, 5) is 12.2. The number of amides is 1. The van der Waals surface area contributed by atoms with Gasteiger partial charge in [0.25, 0.3) is 0 Å². The maximum Gasteiger partial charge on any atom is 0.412 e. The molecular weight excluding hydrogens is 370 g/mol. The number of anilines is 1. The molecule has 0 fully saturated rings. The summed E-state index contributed by atoms with van der Waals surface area (Å²) in [6.45, 7) is 18.5. The molecule has 1 aliphatic rings. The van der Waals surface area contributed by atoms with Crippen LogP contribution in [0.5, 0.6) is 5.75 Å². The summed E-state index contributed by atoms with van der Waals surface area (Å²) in [5.74, 6) is 0.864. The zero-order chi connectivity index (χ0) is 21.3. The molecule has 1 aromatic carbocycles. The summed E-state index contributed by atoms with van der Waals surface area (Å²) >= 11 is 0. The van der Waals surface area contributed by atoms with Crippen molar-refractivity contribution in [1.29, 1.82) is 0 Å². The van der Waals surface area contributed by atoms with Crippen LogP contribution < -0.4 is 10.1 Å². The van der Waals surface area contributed by atoms with Crippen LogP contribution in [-0.2, 0) is 15.6 Å². The van der Waals surface area contributed by atoms with E-state index in [2.05, 4.69) is 39.2 Å². The molecule has 28 heavy (non-hydrogen) atoms. The lowest BCUT2D eigenvalue weighted by Gasteiger charge is -2.40. The van der Waals surface area contributed by atoms with Crippen LogP contribution in [0.2, 0.25) is 13.1 Å². The number of carbonyl (C=O) groups excluding carboxylic acids is 1. The van der Waals surface area contributed by atoms with Gasteiger partial charge in [0.1, 0.15) is 17.5 Å². The second-order valence-electron chi connectivity index (χ2n) is 9.86. The van der Waals surface area contributed by atoms with E-state index in [1.807, 2.05) is 39.8 Å². The minimum absolute atomic E-state index is 0.00266. The minimum Gasteiger partial charge on any atom is -0.487 e. The molecule has 2 atom stereocenters. The van der Waals surface area contributed by atoms with Crippen LogP contribution in [0.1, 0.15) is 59.1 Å². The number of carbonyl (C=O) groups is 1. The molecule has 2 rings (SSSR count). The SMILES string of the molecule is Cc1c(NC(=O)OC(C)(C)C)ccc2c1OC(C(O[Si](C)C)C(C)(C)C)CC2.